The fraction of sp³-hybridized carbons (Fsp3) is 0.235. The highest BCUT2D eigenvalue weighted by molar-refractivity contribution is 7.99. The van der Waals surface area contributed by atoms with Crippen molar-refractivity contribution in [3.05, 3.63) is 53.1 Å². The van der Waals surface area contributed by atoms with E-state index in [2.05, 4.69) is 10.2 Å². The highest BCUT2D eigenvalue weighted by Crippen LogP contribution is 2.24. The van der Waals surface area contributed by atoms with Crippen LogP contribution < -0.4 is 0 Å². The Morgan fingerprint density at radius 2 is 1.96 bits per heavy atom. The van der Waals surface area contributed by atoms with Crippen molar-refractivity contribution >= 4 is 17.5 Å². The summed E-state index contributed by atoms with van der Waals surface area (Å²) in [7, 11) is 1.93. The van der Waals surface area contributed by atoms with E-state index in [0.717, 1.165) is 11.4 Å². The van der Waals surface area contributed by atoms with Gasteiger partial charge in [0.25, 0.3) is 5.22 Å². The van der Waals surface area contributed by atoms with E-state index in [4.69, 9.17) is 4.42 Å². The number of benzene rings is 1. The van der Waals surface area contributed by atoms with Crippen LogP contribution in [0.15, 0.2) is 40.0 Å². The molecule has 1 aromatic carbocycles. The molecule has 2 aromatic heterocycles. The Morgan fingerprint density at radius 3 is 2.58 bits per heavy atom. The molecular formula is C17H16FN3O2S. The van der Waals surface area contributed by atoms with Crippen LogP contribution in [-0.2, 0) is 7.05 Å². The van der Waals surface area contributed by atoms with Crippen molar-refractivity contribution in [3.63, 3.8) is 0 Å². The van der Waals surface area contributed by atoms with E-state index in [1.807, 2.05) is 31.5 Å². The van der Waals surface area contributed by atoms with E-state index in [1.165, 1.54) is 23.9 Å². The molecule has 0 aliphatic carbocycles. The maximum absolute atomic E-state index is 12.9. The molecule has 3 aromatic rings. The molecule has 0 aliphatic heterocycles. The molecule has 0 aliphatic rings. The van der Waals surface area contributed by atoms with Crippen LogP contribution in [0.3, 0.4) is 0 Å². The summed E-state index contributed by atoms with van der Waals surface area (Å²) < 4.78 is 20.4. The molecule has 2 heterocycles. The second kappa shape index (κ2) is 6.60. The van der Waals surface area contributed by atoms with Gasteiger partial charge in [-0.1, -0.05) is 11.8 Å². The van der Waals surface area contributed by atoms with Gasteiger partial charge in [-0.05, 0) is 44.2 Å². The lowest BCUT2D eigenvalue weighted by Gasteiger charge is -2.01. The molecular weight excluding hydrogens is 329 g/mol. The standard InChI is InChI=1S/C17H16FN3O2S/c1-10-8-14(11(2)21(10)3)15(22)9-24-17-20-19-16(23-17)12-4-6-13(18)7-5-12/h4-8H,9H2,1-3H3. The number of hydrogen-bond acceptors (Lipinski definition) is 5. The molecule has 124 valence electrons. The van der Waals surface area contributed by atoms with Crippen molar-refractivity contribution in [1.82, 2.24) is 14.8 Å². The van der Waals surface area contributed by atoms with Gasteiger partial charge < -0.3 is 8.98 Å². The predicted molar refractivity (Wildman–Crippen MR) is 89.6 cm³/mol. The Kier molecular flexibility index (Phi) is 4.53. The largest absolute Gasteiger partial charge is 0.411 e. The van der Waals surface area contributed by atoms with Crippen molar-refractivity contribution < 1.29 is 13.6 Å². The third-order valence-electron chi connectivity index (χ3n) is 3.90. The minimum Gasteiger partial charge on any atom is -0.411 e. The van der Waals surface area contributed by atoms with Crippen LogP contribution in [0.4, 0.5) is 4.39 Å². The number of rotatable bonds is 5. The number of nitrogens with zero attached hydrogens (tertiary/aromatic N) is 3. The van der Waals surface area contributed by atoms with Crippen LogP contribution in [0.5, 0.6) is 0 Å². The zero-order valence-corrected chi connectivity index (χ0v) is 14.4. The Morgan fingerprint density at radius 1 is 1.25 bits per heavy atom. The lowest BCUT2D eigenvalue weighted by atomic mass is 10.2. The Labute approximate surface area is 142 Å². The summed E-state index contributed by atoms with van der Waals surface area (Å²) in [6, 6.07) is 7.68. The van der Waals surface area contributed by atoms with E-state index < -0.39 is 0 Å². The van der Waals surface area contributed by atoms with E-state index in [-0.39, 0.29) is 17.4 Å². The summed E-state index contributed by atoms with van der Waals surface area (Å²) in [5, 5.41) is 8.16. The number of carbonyl (C=O) groups is 1. The van der Waals surface area contributed by atoms with Crippen LogP contribution in [0.1, 0.15) is 21.7 Å². The third kappa shape index (κ3) is 3.26. The summed E-state index contributed by atoms with van der Waals surface area (Å²) in [6.07, 6.45) is 0. The van der Waals surface area contributed by atoms with E-state index in [0.29, 0.717) is 22.2 Å². The highest BCUT2D eigenvalue weighted by atomic mass is 32.2. The van der Waals surface area contributed by atoms with Crippen LogP contribution in [0, 0.1) is 19.7 Å². The first-order chi connectivity index (χ1) is 11.5. The van der Waals surface area contributed by atoms with Crippen molar-refractivity contribution in [2.24, 2.45) is 7.05 Å². The summed E-state index contributed by atoms with van der Waals surface area (Å²) in [6.45, 7) is 3.88. The average molecular weight is 345 g/mol. The predicted octanol–water partition coefficient (Wildman–Crippen LogP) is 3.81. The number of aromatic nitrogens is 3. The van der Waals surface area contributed by atoms with Gasteiger partial charge >= 0.3 is 0 Å². The number of Topliss-reactive ketones (excluding diaryl/α,β-unsaturated/α-hetero) is 1. The summed E-state index contributed by atoms with van der Waals surface area (Å²) in [5.41, 5.74) is 3.32. The van der Waals surface area contributed by atoms with Crippen molar-refractivity contribution in [2.45, 2.75) is 19.1 Å². The molecule has 0 saturated heterocycles. The van der Waals surface area contributed by atoms with E-state index >= 15 is 0 Å². The Bertz CT molecular complexity index is 884. The molecule has 0 bridgehead atoms. The maximum atomic E-state index is 12.9. The van der Waals surface area contributed by atoms with Gasteiger partial charge in [-0.2, -0.15) is 0 Å². The first kappa shape index (κ1) is 16.4. The fourth-order valence-electron chi connectivity index (χ4n) is 2.32. The van der Waals surface area contributed by atoms with Crippen molar-refractivity contribution in [2.75, 3.05) is 5.75 Å². The normalized spacial score (nSPS) is 11.0. The molecule has 0 saturated carbocycles. The molecule has 0 amide bonds. The van der Waals surface area contributed by atoms with Crippen molar-refractivity contribution in [1.29, 1.82) is 0 Å². The smallest absolute Gasteiger partial charge is 0.277 e. The first-order valence-electron chi connectivity index (χ1n) is 7.34. The van der Waals surface area contributed by atoms with Gasteiger partial charge in [0.05, 0.1) is 5.75 Å². The van der Waals surface area contributed by atoms with E-state index in [1.54, 1.807) is 12.1 Å². The molecule has 0 unspecified atom stereocenters. The average Bonchev–Trinajstić information content (AvgIpc) is 3.14. The van der Waals surface area contributed by atoms with Gasteiger partial charge in [-0.3, -0.25) is 4.79 Å². The molecule has 0 atom stereocenters. The number of ketones is 1. The monoisotopic (exact) mass is 345 g/mol. The molecule has 0 fully saturated rings. The minimum absolute atomic E-state index is 0.0164. The number of halogens is 1. The van der Waals surface area contributed by atoms with Gasteiger partial charge in [-0.25, -0.2) is 4.39 Å². The third-order valence-corrected chi connectivity index (χ3v) is 4.72. The lowest BCUT2D eigenvalue weighted by Crippen LogP contribution is -2.04. The SMILES string of the molecule is Cc1cc(C(=O)CSc2nnc(-c3ccc(F)cc3)o2)c(C)n1C. The first-order valence-corrected chi connectivity index (χ1v) is 8.32. The number of hydrogen-bond donors (Lipinski definition) is 0. The van der Waals surface area contributed by atoms with Crippen LogP contribution in [0.2, 0.25) is 0 Å². The van der Waals surface area contributed by atoms with Crippen molar-refractivity contribution in [3.8, 4) is 11.5 Å². The maximum Gasteiger partial charge on any atom is 0.277 e. The summed E-state index contributed by atoms with van der Waals surface area (Å²) in [5.74, 6) is 0.210. The molecule has 7 heteroatoms. The number of carbonyl (C=O) groups excluding carboxylic acids is 1. The highest BCUT2D eigenvalue weighted by Gasteiger charge is 2.16. The summed E-state index contributed by atoms with van der Waals surface area (Å²) >= 11 is 1.19. The van der Waals surface area contributed by atoms with Gasteiger partial charge in [0.15, 0.2) is 5.78 Å². The van der Waals surface area contributed by atoms with Crippen LogP contribution in [-0.4, -0.2) is 26.3 Å². The second-order valence-corrected chi connectivity index (χ2v) is 6.36. The topological polar surface area (TPSA) is 60.9 Å². The number of thioether (sulfide) groups is 1. The number of aryl methyl sites for hydroxylation is 1. The van der Waals surface area contributed by atoms with E-state index in [9.17, 15) is 9.18 Å². The van der Waals surface area contributed by atoms with Gasteiger partial charge in [-0.15, -0.1) is 10.2 Å². The quantitative estimate of drug-likeness (QED) is 0.520. The molecule has 24 heavy (non-hydrogen) atoms. The van der Waals surface area contributed by atoms with Gasteiger partial charge in [0.1, 0.15) is 5.82 Å². The molecule has 0 radical (unpaired) electrons. The van der Waals surface area contributed by atoms with Gasteiger partial charge in [0.2, 0.25) is 5.89 Å². The lowest BCUT2D eigenvalue weighted by molar-refractivity contribution is 0.102. The molecule has 3 rings (SSSR count). The summed E-state index contributed by atoms with van der Waals surface area (Å²) in [4.78, 5) is 12.4. The molecule has 0 N–H and O–H groups in total. The molecule has 0 spiro atoms. The van der Waals surface area contributed by atoms with Crippen LogP contribution >= 0.6 is 11.8 Å². The Hall–Kier alpha value is -2.41. The zero-order valence-electron chi connectivity index (χ0n) is 13.5. The van der Waals surface area contributed by atoms with Crippen LogP contribution in [0.25, 0.3) is 11.5 Å². The minimum atomic E-state index is -0.327. The van der Waals surface area contributed by atoms with Gasteiger partial charge in [0, 0.05) is 29.6 Å². The molecule has 5 nitrogen and oxygen atoms in total. The zero-order chi connectivity index (χ0) is 17.3. The fourth-order valence-corrected chi connectivity index (χ4v) is 2.97. The second-order valence-electron chi connectivity index (χ2n) is 5.44. The Balaban J connectivity index is 1.68.